The van der Waals surface area contributed by atoms with E-state index in [2.05, 4.69) is 15.2 Å². The lowest BCUT2D eigenvalue weighted by Gasteiger charge is -1.95. The molecule has 1 aromatic carbocycles. The van der Waals surface area contributed by atoms with Gasteiger partial charge < -0.3 is 5.11 Å². The Hall–Kier alpha value is -2.17. The molecule has 0 radical (unpaired) electrons. The number of aryl methyl sites for hydroxylation is 1. The van der Waals surface area contributed by atoms with E-state index in [1.54, 1.807) is 0 Å². The molecule has 0 aliphatic carbocycles. The van der Waals surface area contributed by atoms with Crippen molar-refractivity contribution in [2.24, 2.45) is 0 Å². The molecule has 2 rings (SSSR count). The standard InChI is InChI=1S/C13H15N3O2/c17-12(18)9-5-4-8-11-14-13(16-15-11)10-6-2-1-3-7-10/h1-3,6-7H,4-5,8-9H2,(H,17,18)(H,14,15,16). The average Bonchev–Trinajstić information content (AvgIpc) is 2.84. The van der Waals surface area contributed by atoms with Crippen molar-refractivity contribution in [3.8, 4) is 11.4 Å². The average molecular weight is 245 g/mol. The van der Waals surface area contributed by atoms with Crippen LogP contribution >= 0.6 is 0 Å². The number of rotatable bonds is 6. The van der Waals surface area contributed by atoms with Crippen molar-refractivity contribution in [1.82, 2.24) is 15.2 Å². The third-order valence-corrected chi connectivity index (χ3v) is 2.62. The molecule has 0 saturated heterocycles. The van der Waals surface area contributed by atoms with Gasteiger partial charge in [0, 0.05) is 18.4 Å². The Morgan fingerprint density at radius 1 is 1.22 bits per heavy atom. The van der Waals surface area contributed by atoms with Gasteiger partial charge in [-0.1, -0.05) is 30.3 Å². The van der Waals surface area contributed by atoms with Gasteiger partial charge in [0.05, 0.1) is 0 Å². The number of aromatic nitrogens is 3. The van der Waals surface area contributed by atoms with Gasteiger partial charge in [0.1, 0.15) is 5.82 Å². The molecular formula is C13H15N3O2. The fourth-order valence-corrected chi connectivity index (χ4v) is 1.69. The molecule has 1 aromatic heterocycles. The van der Waals surface area contributed by atoms with E-state index in [1.807, 2.05) is 30.3 Å². The zero-order chi connectivity index (χ0) is 12.8. The largest absolute Gasteiger partial charge is 0.481 e. The molecule has 0 atom stereocenters. The SMILES string of the molecule is O=C(O)CCCCc1nc(-c2ccccc2)n[nH]1. The molecule has 5 nitrogen and oxygen atoms in total. The summed E-state index contributed by atoms with van der Waals surface area (Å²) in [7, 11) is 0. The number of hydrogen-bond donors (Lipinski definition) is 2. The number of unbranched alkanes of at least 4 members (excludes halogenated alkanes) is 1. The van der Waals surface area contributed by atoms with Crippen LogP contribution < -0.4 is 0 Å². The number of carbonyl (C=O) groups is 1. The zero-order valence-corrected chi connectivity index (χ0v) is 9.97. The Kier molecular flexibility index (Phi) is 4.06. The monoisotopic (exact) mass is 245 g/mol. The molecule has 5 heteroatoms. The fraction of sp³-hybridized carbons (Fsp3) is 0.308. The predicted octanol–water partition coefficient (Wildman–Crippen LogP) is 2.27. The molecule has 0 aliphatic heterocycles. The van der Waals surface area contributed by atoms with Crippen molar-refractivity contribution < 1.29 is 9.90 Å². The van der Waals surface area contributed by atoms with E-state index in [9.17, 15) is 4.79 Å². The van der Waals surface area contributed by atoms with Crippen LogP contribution in [-0.4, -0.2) is 26.3 Å². The van der Waals surface area contributed by atoms with Gasteiger partial charge in [-0.05, 0) is 12.8 Å². The second kappa shape index (κ2) is 5.95. The number of nitrogens with zero attached hydrogens (tertiary/aromatic N) is 2. The number of carboxylic acid groups (broad SMARTS) is 1. The molecule has 2 N–H and O–H groups in total. The molecule has 0 saturated carbocycles. The molecule has 0 bridgehead atoms. The van der Waals surface area contributed by atoms with Gasteiger partial charge in [-0.25, -0.2) is 4.98 Å². The number of aromatic amines is 1. The van der Waals surface area contributed by atoms with Crippen molar-refractivity contribution in [2.75, 3.05) is 0 Å². The summed E-state index contributed by atoms with van der Waals surface area (Å²) in [5, 5.41) is 15.6. The third kappa shape index (κ3) is 3.41. The molecule has 2 aromatic rings. The Morgan fingerprint density at radius 3 is 2.72 bits per heavy atom. The first-order chi connectivity index (χ1) is 8.75. The van der Waals surface area contributed by atoms with Crippen molar-refractivity contribution in [1.29, 1.82) is 0 Å². The molecule has 1 heterocycles. The fourth-order valence-electron chi connectivity index (χ4n) is 1.69. The highest BCUT2D eigenvalue weighted by Gasteiger charge is 2.05. The molecule has 0 spiro atoms. The third-order valence-electron chi connectivity index (χ3n) is 2.62. The van der Waals surface area contributed by atoms with Crippen molar-refractivity contribution in [2.45, 2.75) is 25.7 Å². The van der Waals surface area contributed by atoms with Crippen LogP contribution in [-0.2, 0) is 11.2 Å². The van der Waals surface area contributed by atoms with E-state index >= 15 is 0 Å². The number of aliphatic carboxylic acids is 1. The molecule has 0 unspecified atom stereocenters. The van der Waals surface area contributed by atoms with Crippen molar-refractivity contribution >= 4 is 5.97 Å². The Morgan fingerprint density at radius 2 is 2.00 bits per heavy atom. The van der Waals surface area contributed by atoms with E-state index in [4.69, 9.17) is 5.11 Å². The van der Waals surface area contributed by atoms with Gasteiger partial charge in [-0.3, -0.25) is 9.89 Å². The zero-order valence-electron chi connectivity index (χ0n) is 9.97. The predicted molar refractivity (Wildman–Crippen MR) is 67.0 cm³/mol. The highest BCUT2D eigenvalue weighted by atomic mass is 16.4. The second-order valence-electron chi connectivity index (χ2n) is 4.07. The van der Waals surface area contributed by atoms with Crippen LogP contribution in [0.1, 0.15) is 25.1 Å². The number of hydrogen-bond acceptors (Lipinski definition) is 3. The molecule has 18 heavy (non-hydrogen) atoms. The van der Waals surface area contributed by atoms with Gasteiger partial charge in [-0.2, -0.15) is 5.10 Å². The first-order valence-corrected chi connectivity index (χ1v) is 5.94. The van der Waals surface area contributed by atoms with Gasteiger partial charge in [0.2, 0.25) is 0 Å². The maximum absolute atomic E-state index is 10.4. The summed E-state index contributed by atoms with van der Waals surface area (Å²) in [6, 6.07) is 9.74. The quantitative estimate of drug-likeness (QED) is 0.765. The lowest BCUT2D eigenvalue weighted by Crippen LogP contribution is -1.95. The Bertz CT molecular complexity index is 508. The number of benzene rings is 1. The summed E-state index contributed by atoms with van der Waals surface area (Å²) in [5.41, 5.74) is 0.977. The summed E-state index contributed by atoms with van der Waals surface area (Å²) >= 11 is 0. The molecule has 0 amide bonds. The first-order valence-electron chi connectivity index (χ1n) is 5.94. The maximum Gasteiger partial charge on any atom is 0.303 e. The van der Waals surface area contributed by atoms with Crippen LogP contribution in [0.3, 0.4) is 0 Å². The number of carboxylic acids is 1. The smallest absolute Gasteiger partial charge is 0.303 e. The first kappa shape index (κ1) is 12.3. The number of nitrogens with one attached hydrogen (secondary N) is 1. The lowest BCUT2D eigenvalue weighted by molar-refractivity contribution is -0.137. The summed E-state index contributed by atoms with van der Waals surface area (Å²) in [5.74, 6) is 0.737. The van der Waals surface area contributed by atoms with Crippen LogP contribution in [0, 0.1) is 0 Å². The van der Waals surface area contributed by atoms with Crippen molar-refractivity contribution in [3.63, 3.8) is 0 Å². The van der Waals surface area contributed by atoms with Crippen LogP contribution in [0.5, 0.6) is 0 Å². The highest BCUT2D eigenvalue weighted by molar-refractivity contribution is 5.66. The van der Waals surface area contributed by atoms with Crippen LogP contribution in [0.25, 0.3) is 11.4 Å². The summed E-state index contributed by atoms with van der Waals surface area (Å²) < 4.78 is 0. The van der Waals surface area contributed by atoms with Crippen LogP contribution in [0.4, 0.5) is 0 Å². The van der Waals surface area contributed by atoms with Gasteiger partial charge in [-0.15, -0.1) is 0 Å². The normalized spacial score (nSPS) is 10.4. The Labute approximate surface area is 105 Å². The van der Waals surface area contributed by atoms with Crippen LogP contribution in [0.2, 0.25) is 0 Å². The summed E-state index contributed by atoms with van der Waals surface area (Å²) in [4.78, 5) is 14.7. The minimum atomic E-state index is -0.752. The van der Waals surface area contributed by atoms with Crippen molar-refractivity contribution in [3.05, 3.63) is 36.2 Å². The van der Waals surface area contributed by atoms with Crippen LogP contribution in [0.15, 0.2) is 30.3 Å². The second-order valence-corrected chi connectivity index (χ2v) is 4.07. The van der Waals surface area contributed by atoms with E-state index in [0.717, 1.165) is 24.2 Å². The van der Waals surface area contributed by atoms with Gasteiger partial charge >= 0.3 is 5.97 Å². The summed E-state index contributed by atoms with van der Waals surface area (Å²) in [6.45, 7) is 0. The van der Waals surface area contributed by atoms with E-state index in [1.165, 1.54) is 0 Å². The minimum absolute atomic E-state index is 0.208. The number of H-pyrrole nitrogens is 1. The highest BCUT2D eigenvalue weighted by Crippen LogP contribution is 2.14. The topological polar surface area (TPSA) is 78.9 Å². The minimum Gasteiger partial charge on any atom is -0.481 e. The van der Waals surface area contributed by atoms with E-state index < -0.39 is 5.97 Å². The maximum atomic E-state index is 10.4. The van der Waals surface area contributed by atoms with Gasteiger partial charge in [0.15, 0.2) is 5.82 Å². The Balaban J connectivity index is 1.89. The lowest BCUT2D eigenvalue weighted by atomic mass is 10.2. The van der Waals surface area contributed by atoms with Gasteiger partial charge in [0.25, 0.3) is 0 Å². The molecule has 0 fully saturated rings. The van der Waals surface area contributed by atoms with E-state index in [-0.39, 0.29) is 6.42 Å². The molecule has 0 aliphatic rings. The summed E-state index contributed by atoms with van der Waals surface area (Å²) in [6.07, 6.45) is 2.40. The van der Waals surface area contributed by atoms with E-state index in [0.29, 0.717) is 12.2 Å². The molecule has 94 valence electrons. The molecular weight excluding hydrogens is 230 g/mol.